The molecule has 2 aromatic rings. The van der Waals surface area contributed by atoms with Crippen LogP contribution in [0.3, 0.4) is 0 Å². The molecular formula is C16H15FN2O3. The van der Waals surface area contributed by atoms with Gasteiger partial charge in [0.25, 0.3) is 5.91 Å². The Morgan fingerprint density at radius 1 is 1.32 bits per heavy atom. The molecule has 2 heterocycles. The zero-order valence-corrected chi connectivity index (χ0v) is 11.8. The highest BCUT2D eigenvalue weighted by atomic mass is 19.1. The molecule has 22 heavy (non-hydrogen) atoms. The minimum Gasteiger partial charge on any atom is -0.469 e. The van der Waals surface area contributed by atoms with Crippen LogP contribution in [0.15, 0.2) is 52.2 Å². The Labute approximate surface area is 126 Å². The van der Waals surface area contributed by atoms with Crippen LogP contribution < -0.4 is 5.32 Å². The van der Waals surface area contributed by atoms with Crippen LogP contribution in [0.1, 0.15) is 17.7 Å². The van der Waals surface area contributed by atoms with Crippen LogP contribution in [0.25, 0.3) is 0 Å². The van der Waals surface area contributed by atoms with Gasteiger partial charge in [0.15, 0.2) is 0 Å². The predicted molar refractivity (Wildman–Crippen MR) is 77.8 cm³/mol. The molecule has 1 atom stereocenters. The molecule has 0 aliphatic carbocycles. The zero-order chi connectivity index (χ0) is 15.4. The highest BCUT2D eigenvalue weighted by molar-refractivity contribution is 6.04. The lowest BCUT2D eigenvalue weighted by Crippen LogP contribution is -2.35. The van der Waals surface area contributed by atoms with Gasteiger partial charge in [0.1, 0.15) is 11.6 Å². The lowest BCUT2D eigenvalue weighted by Gasteiger charge is -2.08. The largest absolute Gasteiger partial charge is 0.469 e. The number of hydrogen-bond acceptors (Lipinski definition) is 4. The Kier molecular flexibility index (Phi) is 4.18. The molecule has 114 valence electrons. The normalized spacial score (nSPS) is 17.0. The van der Waals surface area contributed by atoms with Crippen molar-refractivity contribution in [1.29, 1.82) is 0 Å². The molecular weight excluding hydrogens is 287 g/mol. The van der Waals surface area contributed by atoms with Gasteiger partial charge in [0, 0.05) is 19.4 Å². The standard InChI is InChI=1S/C16H15FN2O3/c17-12-5-3-11(4-6-12)14-10-15(22-19-14)16(20)18-8-7-13-2-1-9-21-13/h1-6,9,15H,7-8,10H2,(H,18,20). The zero-order valence-electron chi connectivity index (χ0n) is 11.8. The Hall–Kier alpha value is -2.63. The SMILES string of the molecule is O=C(NCCc1ccco1)C1CC(c2ccc(F)cc2)=NO1. The Morgan fingerprint density at radius 2 is 2.14 bits per heavy atom. The van der Waals surface area contributed by atoms with Crippen LogP contribution in [0.2, 0.25) is 0 Å². The summed E-state index contributed by atoms with van der Waals surface area (Å²) in [6.07, 6.45) is 1.95. The summed E-state index contributed by atoms with van der Waals surface area (Å²) in [7, 11) is 0. The van der Waals surface area contributed by atoms with E-state index in [2.05, 4.69) is 10.5 Å². The summed E-state index contributed by atoms with van der Waals surface area (Å²) in [6.45, 7) is 0.470. The Balaban J connectivity index is 1.48. The van der Waals surface area contributed by atoms with Crippen LogP contribution in [0.4, 0.5) is 4.39 Å². The maximum atomic E-state index is 12.9. The summed E-state index contributed by atoms with van der Waals surface area (Å²) in [6, 6.07) is 9.61. The fraction of sp³-hybridized carbons (Fsp3) is 0.250. The van der Waals surface area contributed by atoms with E-state index in [1.165, 1.54) is 12.1 Å². The first kappa shape index (κ1) is 14.3. The summed E-state index contributed by atoms with van der Waals surface area (Å²) >= 11 is 0. The molecule has 5 nitrogen and oxygen atoms in total. The molecule has 6 heteroatoms. The summed E-state index contributed by atoms with van der Waals surface area (Å²) in [4.78, 5) is 17.2. The van der Waals surface area contributed by atoms with Crippen LogP contribution in [0, 0.1) is 5.82 Å². The summed E-state index contributed by atoms with van der Waals surface area (Å²) in [5.41, 5.74) is 1.40. The number of hydrogen-bond donors (Lipinski definition) is 1. The van der Waals surface area contributed by atoms with Gasteiger partial charge in [-0.2, -0.15) is 0 Å². The average molecular weight is 302 g/mol. The fourth-order valence-electron chi connectivity index (χ4n) is 2.21. The van der Waals surface area contributed by atoms with Crippen LogP contribution in [0.5, 0.6) is 0 Å². The molecule has 0 spiro atoms. The van der Waals surface area contributed by atoms with Crippen molar-refractivity contribution in [3.63, 3.8) is 0 Å². The lowest BCUT2D eigenvalue weighted by molar-refractivity contribution is -0.131. The molecule has 1 amide bonds. The monoisotopic (exact) mass is 302 g/mol. The van der Waals surface area contributed by atoms with E-state index in [0.29, 0.717) is 25.1 Å². The molecule has 1 aromatic heterocycles. The van der Waals surface area contributed by atoms with Crippen molar-refractivity contribution in [2.75, 3.05) is 6.54 Å². The summed E-state index contributed by atoms with van der Waals surface area (Å²) in [5, 5.41) is 6.70. The number of halogens is 1. The molecule has 1 unspecified atom stereocenters. The highest BCUT2D eigenvalue weighted by Gasteiger charge is 2.28. The van der Waals surface area contributed by atoms with E-state index in [-0.39, 0.29) is 11.7 Å². The third-order valence-corrected chi connectivity index (χ3v) is 3.39. The molecule has 0 radical (unpaired) electrons. The van der Waals surface area contributed by atoms with Crippen molar-refractivity contribution in [3.8, 4) is 0 Å². The number of amides is 1. The van der Waals surface area contributed by atoms with Crippen LogP contribution in [-0.2, 0) is 16.1 Å². The van der Waals surface area contributed by atoms with Crippen molar-refractivity contribution in [2.45, 2.75) is 18.9 Å². The van der Waals surface area contributed by atoms with Crippen molar-refractivity contribution < 1.29 is 18.4 Å². The molecule has 1 aliphatic rings. The molecule has 0 saturated carbocycles. The van der Waals surface area contributed by atoms with Crippen molar-refractivity contribution in [3.05, 3.63) is 59.8 Å². The fourth-order valence-corrected chi connectivity index (χ4v) is 2.21. The molecule has 3 rings (SSSR count). The van der Waals surface area contributed by atoms with Gasteiger partial charge in [-0.15, -0.1) is 0 Å². The van der Waals surface area contributed by atoms with E-state index in [1.807, 2.05) is 6.07 Å². The second-order valence-electron chi connectivity index (χ2n) is 4.96. The van der Waals surface area contributed by atoms with Crippen molar-refractivity contribution in [1.82, 2.24) is 5.32 Å². The minimum absolute atomic E-state index is 0.215. The van der Waals surface area contributed by atoms with Crippen LogP contribution >= 0.6 is 0 Å². The lowest BCUT2D eigenvalue weighted by atomic mass is 10.0. The maximum absolute atomic E-state index is 12.9. The van der Waals surface area contributed by atoms with E-state index >= 15 is 0 Å². The second kappa shape index (κ2) is 6.43. The maximum Gasteiger partial charge on any atom is 0.264 e. The van der Waals surface area contributed by atoms with Gasteiger partial charge >= 0.3 is 0 Å². The molecule has 1 aliphatic heterocycles. The van der Waals surface area contributed by atoms with E-state index in [9.17, 15) is 9.18 Å². The van der Waals surface area contributed by atoms with Gasteiger partial charge < -0.3 is 14.6 Å². The van der Waals surface area contributed by atoms with Crippen LogP contribution in [-0.4, -0.2) is 24.3 Å². The van der Waals surface area contributed by atoms with Gasteiger partial charge in [-0.1, -0.05) is 17.3 Å². The third kappa shape index (κ3) is 3.33. The average Bonchev–Trinajstić information content (AvgIpc) is 3.19. The van der Waals surface area contributed by atoms with E-state index in [4.69, 9.17) is 9.25 Å². The van der Waals surface area contributed by atoms with Gasteiger partial charge in [-0.05, 0) is 29.8 Å². The van der Waals surface area contributed by atoms with Crippen molar-refractivity contribution >= 4 is 11.6 Å². The molecule has 0 bridgehead atoms. The van der Waals surface area contributed by atoms with Crippen molar-refractivity contribution in [2.24, 2.45) is 5.16 Å². The number of nitrogens with zero attached hydrogens (tertiary/aromatic N) is 1. The molecule has 0 fully saturated rings. The first-order valence-electron chi connectivity index (χ1n) is 7.01. The second-order valence-corrected chi connectivity index (χ2v) is 4.96. The third-order valence-electron chi connectivity index (χ3n) is 3.39. The van der Waals surface area contributed by atoms with E-state index < -0.39 is 6.10 Å². The smallest absolute Gasteiger partial charge is 0.264 e. The number of furan rings is 1. The van der Waals surface area contributed by atoms with E-state index in [0.717, 1.165) is 11.3 Å². The molecule has 1 N–H and O–H groups in total. The number of carbonyl (C=O) groups excluding carboxylic acids is 1. The number of benzene rings is 1. The highest BCUT2D eigenvalue weighted by Crippen LogP contribution is 2.17. The predicted octanol–water partition coefficient (Wildman–Crippen LogP) is 2.27. The number of nitrogens with one attached hydrogen (secondary N) is 1. The van der Waals surface area contributed by atoms with Gasteiger partial charge in [-0.25, -0.2) is 4.39 Å². The number of carbonyl (C=O) groups is 1. The minimum atomic E-state index is -0.642. The molecule has 0 saturated heterocycles. The first-order valence-corrected chi connectivity index (χ1v) is 7.01. The van der Waals surface area contributed by atoms with Gasteiger partial charge in [-0.3, -0.25) is 4.79 Å². The topological polar surface area (TPSA) is 63.8 Å². The van der Waals surface area contributed by atoms with Gasteiger partial charge in [0.05, 0.1) is 12.0 Å². The van der Waals surface area contributed by atoms with E-state index in [1.54, 1.807) is 24.5 Å². The molecule has 1 aromatic carbocycles. The Morgan fingerprint density at radius 3 is 2.86 bits per heavy atom. The Bertz CT molecular complexity index is 665. The first-order chi connectivity index (χ1) is 10.7. The quantitative estimate of drug-likeness (QED) is 0.921. The summed E-state index contributed by atoms with van der Waals surface area (Å²) < 4.78 is 18.1. The number of rotatable bonds is 5. The summed E-state index contributed by atoms with van der Waals surface area (Å²) in [5.74, 6) is 0.291. The number of oxime groups is 1. The van der Waals surface area contributed by atoms with Gasteiger partial charge in [0.2, 0.25) is 6.10 Å².